The van der Waals surface area contributed by atoms with Crippen molar-refractivity contribution in [1.82, 2.24) is 4.90 Å². The number of allylic oxidation sites excluding steroid dienone is 1. The first-order chi connectivity index (χ1) is 13.2. The maximum Gasteiger partial charge on any atom is 0.274 e. The number of ether oxygens (including phenoxy) is 2. The minimum absolute atomic E-state index is 0.00808. The van der Waals surface area contributed by atoms with E-state index < -0.39 is 0 Å². The van der Waals surface area contributed by atoms with Crippen molar-refractivity contribution in [1.29, 1.82) is 0 Å². The molecule has 2 aromatic rings. The lowest BCUT2D eigenvalue weighted by Gasteiger charge is -2.30. The van der Waals surface area contributed by atoms with E-state index in [2.05, 4.69) is 9.88 Å². The molecule has 1 N–H and O–H groups in total. The third kappa shape index (κ3) is 4.78. The molecule has 1 aliphatic rings. The third-order valence-corrected chi connectivity index (χ3v) is 4.56. The quantitative estimate of drug-likeness (QED) is 0.785. The molecule has 1 amide bonds. The summed E-state index contributed by atoms with van der Waals surface area (Å²) in [5, 5.41) is 0. The fourth-order valence-electron chi connectivity index (χ4n) is 3.11. The lowest BCUT2D eigenvalue weighted by molar-refractivity contribution is -0.364. The summed E-state index contributed by atoms with van der Waals surface area (Å²) in [4.78, 5) is 19.8. The highest BCUT2D eigenvalue weighted by atomic mass is 16.5. The Morgan fingerprint density at radius 2 is 1.96 bits per heavy atom. The highest BCUT2D eigenvalue weighted by Gasteiger charge is 2.26. The lowest BCUT2D eigenvalue weighted by atomic mass is 10.2. The first-order valence-electron chi connectivity index (χ1n) is 9.14. The molecule has 0 bridgehead atoms. The molecule has 1 aliphatic heterocycles. The van der Waals surface area contributed by atoms with E-state index in [1.54, 1.807) is 7.11 Å². The lowest BCUT2D eigenvalue weighted by Crippen LogP contribution is -2.51. The van der Waals surface area contributed by atoms with E-state index >= 15 is 0 Å². The molecule has 142 valence electrons. The molecular formula is C21H26N3O3+. The van der Waals surface area contributed by atoms with Crippen LogP contribution in [0.3, 0.4) is 0 Å². The standard InChI is InChI=1S/C21H25N3O3/c1-3-6-17-8-9-18(19(15-17)26-2)27-16-21(25)24-13-11-23(12-14-24)20-7-4-5-10-22-20/h3-10,15H,11-14,16H2,1-2H3/p+1/b6-3+. The van der Waals surface area contributed by atoms with Gasteiger partial charge in [0.25, 0.3) is 11.7 Å². The predicted octanol–water partition coefficient (Wildman–Crippen LogP) is 2.27. The van der Waals surface area contributed by atoms with Crippen molar-refractivity contribution >= 4 is 17.8 Å². The number of rotatable bonds is 6. The molecule has 1 aromatic heterocycles. The Labute approximate surface area is 160 Å². The molecule has 0 spiro atoms. The van der Waals surface area contributed by atoms with Crippen molar-refractivity contribution in [2.75, 3.05) is 44.8 Å². The number of carbonyl (C=O) groups is 1. The van der Waals surface area contributed by atoms with E-state index in [9.17, 15) is 4.79 Å². The van der Waals surface area contributed by atoms with Crippen LogP contribution in [0.25, 0.3) is 6.08 Å². The number of nitrogens with zero attached hydrogens (tertiary/aromatic N) is 2. The Kier molecular flexibility index (Phi) is 6.30. The Bertz CT molecular complexity index is 785. The molecule has 6 nitrogen and oxygen atoms in total. The Morgan fingerprint density at radius 1 is 1.15 bits per heavy atom. The SMILES string of the molecule is C/C=C/c1ccc(OCC(=O)N2CCN(c3cccc[nH+]3)CC2)c(OC)c1. The van der Waals surface area contributed by atoms with Gasteiger partial charge in [0.15, 0.2) is 18.1 Å². The highest BCUT2D eigenvalue weighted by Crippen LogP contribution is 2.28. The monoisotopic (exact) mass is 368 g/mol. The van der Waals surface area contributed by atoms with Crippen LogP contribution in [-0.4, -0.2) is 50.7 Å². The third-order valence-electron chi connectivity index (χ3n) is 4.56. The number of nitrogens with one attached hydrogen (secondary N) is 1. The maximum absolute atomic E-state index is 12.5. The van der Waals surface area contributed by atoms with Gasteiger partial charge < -0.3 is 14.4 Å². The zero-order valence-corrected chi connectivity index (χ0v) is 15.9. The number of hydrogen-bond acceptors (Lipinski definition) is 4. The molecule has 3 rings (SSSR count). The van der Waals surface area contributed by atoms with E-state index in [1.165, 1.54) is 0 Å². The van der Waals surface area contributed by atoms with Gasteiger partial charge in [-0.3, -0.25) is 9.69 Å². The van der Waals surface area contributed by atoms with E-state index in [4.69, 9.17) is 9.47 Å². The van der Waals surface area contributed by atoms with Crippen LogP contribution < -0.4 is 19.4 Å². The van der Waals surface area contributed by atoms with Crippen LogP contribution in [0.2, 0.25) is 0 Å². The van der Waals surface area contributed by atoms with Crippen LogP contribution in [0.5, 0.6) is 11.5 Å². The summed E-state index contributed by atoms with van der Waals surface area (Å²) in [6.07, 6.45) is 5.86. The minimum Gasteiger partial charge on any atom is -0.493 e. The van der Waals surface area contributed by atoms with Gasteiger partial charge in [0.1, 0.15) is 13.1 Å². The van der Waals surface area contributed by atoms with Crippen LogP contribution in [0.15, 0.2) is 48.7 Å². The van der Waals surface area contributed by atoms with Gasteiger partial charge in [0.05, 0.1) is 26.4 Å². The number of anilines is 1. The van der Waals surface area contributed by atoms with Crippen molar-refractivity contribution in [2.24, 2.45) is 0 Å². The number of carbonyl (C=O) groups excluding carboxylic acids is 1. The summed E-state index contributed by atoms with van der Waals surface area (Å²) >= 11 is 0. The smallest absolute Gasteiger partial charge is 0.274 e. The first-order valence-corrected chi connectivity index (χ1v) is 9.14. The highest BCUT2D eigenvalue weighted by molar-refractivity contribution is 5.78. The van der Waals surface area contributed by atoms with Gasteiger partial charge >= 0.3 is 0 Å². The molecule has 0 unspecified atom stereocenters. The van der Waals surface area contributed by atoms with Crippen LogP contribution >= 0.6 is 0 Å². The zero-order valence-electron chi connectivity index (χ0n) is 15.9. The maximum atomic E-state index is 12.5. The van der Waals surface area contributed by atoms with Crippen molar-refractivity contribution < 1.29 is 19.3 Å². The van der Waals surface area contributed by atoms with E-state index in [0.29, 0.717) is 24.6 Å². The summed E-state index contributed by atoms with van der Waals surface area (Å²) in [5.41, 5.74) is 1.03. The van der Waals surface area contributed by atoms with Crippen molar-refractivity contribution in [3.8, 4) is 11.5 Å². The van der Waals surface area contributed by atoms with Crippen LogP contribution in [0.4, 0.5) is 5.82 Å². The minimum atomic E-state index is -0.00808. The zero-order chi connectivity index (χ0) is 19.1. The number of pyridine rings is 1. The number of methoxy groups -OCH3 is 1. The topological polar surface area (TPSA) is 56.2 Å². The molecule has 0 aliphatic carbocycles. The van der Waals surface area contributed by atoms with Gasteiger partial charge in [-0.2, -0.15) is 0 Å². The number of H-pyrrole nitrogens is 1. The molecule has 0 saturated carbocycles. The summed E-state index contributed by atoms with van der Waals surface area (Å²) in [6, 6.07) is 11.7. The second-order valence-electron chi connectivity index (χ2n) is 6.31. The largest absolute Gasteiger partial charge is 0.493 e. The van der Waals surface area contributed by atoms with Crippen molar-refractivity contribution in [2.45, 2.75) is 6.92 Å². The average Bonchev–Trinajstić information content (AvgIpc) is 2.73. The normalized spacial score (nSPS) is 14.4. The number of benzene rings is 1. The van der Waals surface area contributed by atoms with Crippen LogP contribution in [0.1, 0.15) is 12.5 Å². The number of hydrogen-bond donors (Lipinski definition) is 0. The molecule has 6 heteroatoms. The predicted molar refractivity (Wildman–Crippen MR) is 105 cm³/mol. The summed E-state index contributed by atoms with van der Waals surface area (Å²) < 4.78 is 11.1. The van der Waals surface area contributed by atoms with Crippen LogP contribution in [-0.2, 0) is 4.79 Å². The van der Waals surface area contributed by atoms with Gasteiger partial charge in [-0.25, -0.2) is 4.98 Å². The number of aromatic amines is 1. The molecule has 1 saturated heterocycles. The fraction of sp³-hybridized carbons (Fsp3) is 0.333. The van der Waals surface area contributed by atoms with Gasteiger partial charge in [-0.05, 0) is 30.7 Å². The van der Waals surface area contributed by atoms with Crippen molar-refractivity contribution in [3.05, 3.63) is 54.2 Å². The Morgan fingerprint density at radius 3 is 2.63 bits per heavy atom. The van der Waals surface area contributed by atoms with Crippen LogP contribution in [0, 0.1) is 0 Å². The second kappa shape index (κ2) is 9.07. The molecule has 1 aromatic carbocycles. The van der Waals surface area contributed by atoms with Crippen molar-refractivity contribution in [3.63, 3.8) is 0 Å². The first kappa shape index (κ1) is 18.8. The molecule has 1 fully saturated rings. The summed E-state index contributed by atoms with van der Waals surface area (Å²) in [6.45, 7) is 4.94. The number of piperazine rings is 1. The Hall–Kier alpha value is -3.02. The summed E-state index contributed by atoms with van der Waals surface area (Å²) in [5.74, 6) is 2.28. The molecule has 0 atom stereocenters. The second-order valence-corrected chi connectivity index (χ2v) is 6.31. The average molecular weight is 368 g/mol. The van der Waals surface area contributed by atoms with E-state index in [0.717, 1.165) is 24.5 Å². The molecule has 2 heterocycles. The number of aromatic nitrogens is 1. The van der Waals surface area contributed by atoms with E-state index in [-0.39, 0.29) is 12.5 Å². The fourth-order valence-corrected chi connectivity index (χ4v) is 3.11. The molecule has 27 heavy (non-hydrogen) atoms. The molecule has 0 radical (unpaired) electrons. The van der Waals surface area contributed by atoms with Gasteiger partial charge in [-0.15, -0.1) is 0 Å². The summed E-state index contributed by atoms with van der Waals surface area (Å²) in [7, 11) is 1.60. The Balaban J connectivity index is 1.53. The van der Waals surface area contributed by atoms with Gasteiger partial charge in [0, 0.05) is 6.07 Å². The van der Waals surface area contributed by atoms with E-state index in [1.807, 2.05) is 66.6 Å². The number of amides is 1. The van der Waals surface area contributed by atoms with Gasteiger partial charge in [-0.1, -0.05) is 24.3 Å². The molecular weight excluding hydrogens is 342 g/mol. The van der Waals surface area contributed by atoms with Gasteiger partial charge in [0.2, 0.25) is 0 Å².